The summed E-state index contributed by atoms with van der Waals surface area (Å²) in [4.78, 5) is 0. The fourth-order valence-electron chi connectivity index (χ4n) is 1.48. The molecular formula is C9H16O2. The molecular weight excluding hydrogens is 140 g/mol. The van der Waals surface area contributed by atoms with Crippen LogP contribution in [0, 0.1) is 5.41 Å². The van der Waals surface area contributed by atoms with Gasteiger partial charge in [-0.05, 0) is 19.8 Å². The van der Waals surface area contributed by atoms with Gasteiger partial charge in [0.2, 0.25) is 0 Å². The highest BCUT2D eigenvalue weighted by atomic mass is 16.5. The molecule has 64 valence electrons. The summed E-state index contributed by atoms with van der Waals surface area (Å²) in [5.74, 6) is 0. The lowest BCUT2D eigenvalue weighted by Crippen LogP contribution is -2.33. The van der Waals surface area contributed by atoms with Gasteiger partial charge in [-0.2, -0.15) is 0 Å². The lowest BCUT2D eigenvalue weighted by Gasteiger charge is -2.36. The zero-order chi connectivity index (χ0) is 8.32. The first kappa shape index (κ1) is 8.75. The number of aliphatic hydroxyl groups excluding tert-OH is 1. The smallest absolute Gasteiger partial charge is 0.0526 e. The van der Waals surface area contributed by atoms with Crippen molar-refractivity contribution in [2.24, 2.45) is 5.41 Å². The van der Waals surface area contributed by atoms with Crippen LogP contribution in [0.25, 0.3) is 0 Å². The molecule has 1 saturated heterocycles. The molecule has 0 spiro atoms. The van der Waals surface area contributed by atoms with Crippen molar-refractivity contribution < 1.29 is 9.84 Å². The van der Waals surface area contributed by atoms with Crippen molar-refractivity contribution in [3.8, 4) is 0 Å². The molecule has 11 heavy (non-hydrogen) atoms. The zero-order valence-corrected chi connectivity index (χ0v) is 7.10. The Balaban J connectivity index is 2.64. The number of rotatable bonds is 2. The van der Waals surface area contributed by atoms with Gasteiger partial charge >= 0.3 is 0 Å². The van der Waals surface area contributed by atoms with E-state index in [-0.39, 0.29) is 12.0 Å². The van der Waals surface area contributed by atoms with Crippen LogP contribution in [-0.4, -0.2) is 24.9 Å². The summed E-state index contributed by atoms with van der Waals surface area (Å²) in [6.45, 7) is 7.62. The minimum absolute atomic E-state index is 0.0434. The van der Waals surface area contributed by atoms with Gasteiger partial charge in [0.05, 0.1) is 6.61 Å². The van der Waals surface area contributed by atoms with Crippen LogP contribution in [0.4, 0.5) is 0 Å². The van der Waals surface area contributed by atoms with Crippen molar-refractivity contribution in [1.82, 2.24) is 0 Å². The first-order valence-corrected chi connectivity index (χ1v) is 4.06. The number of ether oxygens (including phenoxy) is 1. The van der Waals surface area contributed by atoms with Gasteiger partial charge in [-0.1, -0.05) is 12.2 Å². The quantitative estimate of drug-likeness (QED) is 0.611. The maximum absolute atomic E-state index is 9.20. The molecule has 2 nitrogen and oxygen atoms in total. The summed E-state index contributed by atoms with van der Waals surface area (Å²) in [7, 11) is 0. The molecule has 1 heterocycles. The second-order valence-corrected chi connectivity index (χ2v) is 3.33. The Morgan fingerprint density at radius 2 is 2.09 bits per heavy atom. The van der Waals surface area contributed by atoms with Gasteiger partial charge in [0.25, 0.3) is 0 Å². The third-order valence-corrected chi connectivity index (χ3v) is 2.66. The van der Waals surface area contributed by atoms with Crippen molar-refractivity contribution in [3.05, 3.63) is 12.2 Å². The molecule has 0 aromatic rings. The Bertz CT molecular complexity index is 146. The van der Waals surface area contributed by atoms with Crippen LogP contribution < -0.4 is 0 Å². The van der Waals surface area contributed by atoms with E-state index < -0.39 is 0 Å². The number of aliphatic hydroxyl groups is 1. The average Bonchev–Trinajstić information content (AvgIpc) is 2.05. The van der Waals surface area contributed by atoms with E-state index >= 15 is 0 Å². The van der Waals surface area contributed by atoms with Gasteiger partial charge in [0, 0.05) is 18.6 Å². The Kier molecular flexibility index (Phi) is 2.68. The second kappa shape index (κ2) is 3.37. The van der Waals surface area contributed by atoms with Crippen LogP contribution in [0.5, 0.6) is 0 Å². The molecule has 0 unspecified atom stereocenters. The predicted octanol–water partition coefficient (Wildman–Crippen LogP) is 1.35. The minimum atomic E-state index is -0.0434. The highest BCUT2D eigenvalue weighted by molar-refractivity contribution is 5.08. The van der Waals surface area contributed by atoms with Crippen molar-refractivity contribution in [2.75, 3.05) is 19.8 Å². The summed E-state index contributed by atoms with van der Waals surface area (Å²) in [6.07, 6.45) is 1.83. The lowest BCUT2D eigenvalue weighted by atomic mass is 9.76. The largest absolute Gasteiger partial charge is 0.395 e. The van der Waals surface area contributed by atoms with Crippen LogP contribution in [0.3, 0.4) is 0 Å². The van der Waals surface area contributed by atoms with Gasteiger partial charge in [-0.25, -0.2) is 0 Å². The van der Waals surface area contributed by atoms with E-state index in [1.807, 2.05) is 6.92 Å². The molecule has 0 radical (unpaired) electrons. The summed E-state index contributed by atoms with van der Waals surface area (Å²) in [5.41, 5.74) is 1.04. The van der Waals surface area contributed by atoms with Gasteiger partial charge < -0.3 is 9.84 Å². The average molecular weight is 156 g/mol. The molecule has 0 atom stereocenters. The zero-order valence-electron chi connectivity index (χ0n) is 7.10. The fraction of sp³-hybridized carbons (Fsp3) is 0.778. The summed E-state index contributed by atoms with van der Waals surface area (Å²) in [5, 5.41) is 9.20. The minimum Gasteiger partial charge on any atom is -0.395 e. The van der Waals surface area contributed by atoms with E-state index in [9.17, 15) is 5.11 Å². The molecule has 0 bridgehead atoms. The van der Waals surface area contributed by atoms with Crippen LogP contribution in [0.2, 0.25) is 0 Å². The van der Waals surface area contributed by atoms with E-state index in [2.05, 4.69) is 6.58 Å². The van der Waals surface area contributed by atoms with Crippen molar-refractivity contribution in [1.29, 1.82) is 0 Å². The topological polar surface area (TPSA) is 29.5 Å². The highest BCUT2D eigenvalue weighted by Gasteiger charge is 2.32. The molecule has 0 aromatic carbocycles. The van der Waals surface area contributed by atoms with E-state index in [1.54, 1.807) is 0 Å². The van der Waals surface area contributed by atoms with Crippen molar-refractivity contribution in [3.63, 3.8) is 0 Å². The van der Waals surface area contributed by atoms with Crippen molar-refractivity contribution in [2.45, 2.75) is 19.8 Å². The molecule has 2 heteroatoms. The van der Waals surface area contributed by atoms with Crippen LogP contribution >= 0.6 is 0 Å². The highest BCUT2D eigenvalue weighted by Crippen LogP contribution is 2.36. The Morgan fingerprint density at radius 1 is 1.55 bits per heavy atom. The normalized spacial score (nSPS) is 23.1. The monoisotopic (exact) mass is 156 g/mol. The van der Waals surface area contributed by atoms with Crippen LogP contribution in [0.15, 0.2) is 12.2 Å². The molecule has 1 rings (SSSR count). The lowest BCUT2D eigenvalue weighted by molar-refractivity contribution is 0.00429. The fourth-order valence-corrected chi connectivity index (χ4v) is 1.48. The predicted molar refractivity (Wildman–Crippen MR) is 44.4 cm³/mol. The maximum Gasteiger partial charge on any atom is 0.0526 e. The maximum atomic E-state index is 9.20. The Hall–Kier alpha value is -0.340. The first-order chi connectivity index (χ1) is 5.21. The van der Waals surface area contributed by atoms with Crippen LogP contribution in [0.1, 0.15) is 19.8 Å². The molecule has 1 N–H and O–H groups in total. The van der Waals surface area contributed by atoms with Gasteiger partial charge in [-0.3, -0.25) is 0 Å². The molecule has 0 aliphatic carbocycles. The van der Waals surface area contributed by atoms with Gasteiger partial charge in [0.15, 0.2) is 0 Å². The van der Waals surface area contributed by atoms with E-state index in [0.717, 1.165) is 31.6 Å². The third-order valence-electron chi connectivity index (χ3n) is 2.66. The summed E-state index contributed by atoms with van der Waals surface area (Å²) >= 11 is 0. The molecule has 1 aliphatic heterocycles. The molecule has 0 amide bonds. The number of hydrogen-bond donors (Lipinski definition) is 1. The van der Waals surface area contributed by atoms with Gasteiger partial charge in [0.1, 0.15) is 0 Å². The Morgan fingerprint density at radius 3 is 2.36 bits per heavy atom. The van der Waals surface area contributed by atoms with Crippen LogP contribution in [-0.2, 0) is 4.74 Å². The van der Waals surface area contributed by atoms with Crippen molar-refractivity contribution >= 4 is 0 Å². The first-order valence-electron chi connectivity index (χ1n) is 4.06. The molecule has 0 aromatic heterocycles. The van der Waals surface area contributed by atoms with E-state index in [4.69, 9.17) is 4.74 Å². The van der Waals surface area contributed by atoms with Gasteiger partial charge in [-0.15, -0.1) is 0 Å². The van der Waals surface area contributed by atoms with E-state index in [0.29, 0.717) is 0 Å². The summed E-state index contributed by atoms with van der Waals surface area (Å²) < 4.78 is 5.22. The molecule has 0 saturated carbocycles. The standard InChI is InChI=1S/C9H16O2/c1-8(2)9(7-10)3-5-11-6-4-9/h10H,1,3-7H2,2H3. The number of hydrogen-bond acceptors (Lipinski definition) is 2. The molecule has 1 aliphatic rings. The second-order valence-electron chi connectivity index (χ2n) is 3.33. The Labute approximate surface area is 67.9 Å². The van der Waals surface area contributed by atoms with E-state index in [1.165, 1.54) is 0 Å². The molecule has 1 fully saturated rings. The summed E-state index contributed by atoms with van der Waals surface area (Å²) in [6, 6.07) is 0. The SMILES string of the molecule is C=C(C)C1(CO)CCOCC1. The third kappa shape index (κ3) is 1.63.